The smallest absolute Gasteiger partial charge is 0.255 e. The van der Waals surface area contributed by atoms with Crippen molar-refractivity contribution in [3.05, 3.63) is 45.9 Å². The van der Waals surface area contributed by atoms with Gasteiger partial charge in [-0.15, -0.1) is 0 Å². The predicted octanol–water partition coefficient (Wildman–Crippen LogP) is 3.06. The third-order valence-electron chi connectivity index (χ3n) is 5.79. The molecule has 1 fully saturated rings. The number of rotatable bonds is 6. The molecule has 2 atom stereocenters. The highest BCUT2D eigenvalue weighted by molar-refractivity contribution is 8.18. The Morgan fingerprint density at radius 3 is 2.59 bits per heavy atom. The number of hydrogen-bond acceptors (Lipinski definition) is 7. The first-order chi connectivity index (χ1) is 15.1. The van der Waals surface area contributed by atoms with Gasteiger partial charge in [0.15, 0.2) is 0 Å². The Hall–Kier alpha value is -3.01. The molecule has 0 aromatic heterocycles. The first-order valence-corrected chi connectivity index (χ1v) is 11.2. The van der Waals surface area contributed by atoms with Crippen LogP contribution in [0.4, 0.5) is 10.1 Å². The third-order valence-corrected chi connectivity index (χ3v) is 6.91. The van der Waals surface area contributed by atoms with Crippen molar-refractivity contribution in [2.45, 2.75) is 51.7 Å². The van der Waals surface area contributed by atoms with Crippen molar-refractivity contribution in [3.63, 3.8) is 0 Å². The Morgan fingerprint density at radius 1 is 1.28 bits per heavy atom. The minimum Gasteiger partial charge on any atom is -0.486 e. The molecule has 3 rings (SSSR count). The van der Waals surface area contributed by atoms with E-state index in [1.807, 2.05) is 0 Å². The van der Waals surface area contributed by atoms with E-state index in [4.69, 9.17) is 21.6 Å². The molecule has 32 heavy (non-hydrogen) atoms. The summed E-state index contributed by atoms with van der Waals surface area (Å²) in [5.41, 5.74) is 12.9. The maximum Gasteiger partial charge on any atom is 0.255 e. The molecule has 0 radical (unpaired) electrons. The molecule has 1 aliphatic carbocycles. The number of allylic oxidation sites excluding steroid dienone is 1. The van der Waals surface area contributed by atoms with Crippen molar-refractivity contribution in [3.8, 4) is 5.75 Å². The highest BCUT2D eigenvalue weighted by atomic mass is 32.2. The number of nitrogens with zero attached hydrogens (tertiary/aromatic N) is 1. The maximum atomic E-state index is 14.1. The fraction of sp³-hybridized carbons (Fsp3) is 0.409. The summed E-state index contributed by atoms with van der Waals surface area (Å²) in [6, 6.07) is 3.94. The number of nitrogens with one attached hydrogen (secondary N) is 2. The molecule has 1 aliphatic heterocycles. The molecule has 1 aromatic rings. The first kappa shape index (κ1) is 23.6. The van der Waals surface area contributed by atoms with Crippen molar-refractivity contribution in [2.24, 2.45) is 11.5 Å². The molecule has 0 spiro atoms. The average molecular weight is 462 g/mol. The fourth-order valence-electron chi connectivity index (χ4n) is 4.03. The van der Waals surface area contributed by atoms with Gasteiger partial charge >= 0.3 is 0 Å². The van der Waals surface area contributed by atoms with Crippen LogP contribution in [0, 0.1) is 11.2 Å². The highest BCUT2D eigenvalue weighted by Crippen LogP contribution is 2.39. The van der Waals surface area contributed by atoms with Crippen molar-refractivity contribution in [1.29, 1.82) is 5.41 Å². The van der Waals surface area contributed by atoms with Crippen LogP contribution >= 0.6 is 11.8 Å². The van der Waals surface area contributed by atoms with Crippen LogP contribution in [0.25, 0.3) is 0 Å². The monoisotopic (exact) mass is 461 g/mol. The summed E-state index contributed by atoms with van der Waals surface area (Å²) in [7, 11) is 1.75. The van der Waals surface area contributed by atoms with Gasteiger partial charge in [-0.3, -0.25) is 15.0 Å². The lowest BCUT2D eigenvalue weighted by Gasteiger charge is -2.37. The SMILES string of the molecule is CC(=O)N(C)[C@@H]1CCCC[C@H]1Oc1cc(F)ccc1N/C(N)=C1/C(=N)SC(C(N)=O)=C1C. The van der Waals surface area contributed by atoms with Gasteiger partial charge in [0.25, 0.3) is 5.91 Å². The van der Waals surface area contributed by atoms with E-state index in [9.17, 15) is 14.0 Å². The Kier molecular flexibility index (Phi) is 7.12. The minimum atomic E-state index is -0.621. The van der Waals surface area contributed by atoms with Gasteiger partial charge in [0.1, 0.15) is 28.5 Å². The van der Waals surface area contributed by atoms with E-state index in [2.05, 4.69) is 5.32 Å². The Balaban J connectivity index is 1.91. The lowest BCUT2D eigenvalue weighted by molar-refractivity contribution is -0.132. The Bertz CT molecular complexity index is 1020. The third kappa shape index (κ3) is 4.90. The van der Waals surface area contributed by atoms with E-state index in [0.717, 1.165) is 37.4 Å². The van der Waals surface area contributed by atoms with Gasteiger partial charge in [-0.1, -0.05) is 18.2 Å². The normalized spacial score (nSPS) is 22.6. The fourth-order valence-corrected chi connectivity index (χ4v) is 4.96. The number of carbonyl (C=O) groups is 2. The van der Waals surface area contributed by atoms with Gasteiger partial charge in [-0.2, -0.15) is 0 Å². The predicted molar refractivity (Wildman–Crippen MR) is 124 cm³/mol. The zero-order chi connectivity index (χ0) is 23.6. The molecule has 0 saturated heterocycles. The van der Waals surface area contributed by atoms with Crippen LogP contribution in [-0.4, -0.2) is 41.0 Å². The van der Waals surface area contributed by atoms with Gasteiger partial charge in [0.2, 0.25) is 5.91 Å². The van der Waals surface area contributed by atoms with Crippen LogP contribution in [-0.2, 0) is 9.59 Å². The molecule has 6 N–H and O–H groups in total. The van der Waals surface area contributed by atoms with Crippen molar-refractivity contribution in [1.82, 2.24) is 4.90 Å². The molecule has 0 unspecified atom stereocenters. The number of thioether (sulfide) groups is 1. The summed E-state index contributed by atoms with van der Waals surface area (Å²) in [6.07, 6.45) is 3.19. The van der Waals surface area contributed by atoms with Crippen LogP contribution < -0.4 is 21.5 Å². The molecule has 10 heteroatoms. The molecule has 1 heterocycles. The van der Waals surface area contributed by atoms with Crippen LogP contribution in [0.1, 0.15) is 39.5 Å². The number of primary amides is 1. The van der Waals surface area contributed by atoms with Crippen LogP contribution in [0.3, 0.4) is 0 Å². The number of hydrogen-bond donors (Lipinski definition) is 4. The summed E-state index contributed by atoms with van der Waals surface area (Å²) >= 11 is 0.952. The second-order valence-corrected chi connectivity index (χ2v) is 8.96. The molecule has 2 amide bonds. The van der Waals surface area contributed by atoms with Gasteiger partial charge in [0, 0.05) is 20.0 Å². The lowest BCUT2D eigenvalue weighted by Crippen LogP contribution is -2.48. The quantitative estimate of drug-likeness (QED) is 0.514. The van der Waals surface area contributed by atoms with E-state index in [1.54, 1.807) is 18.9 Å². The second kappa shape index (κ2) is 9.64. The number of ether oxygens (including phenoxy) is 1. The molecule has 8 nitrogen and oxygen atoms in total. The topological polar surface area (TPSA) is 135 Å². The molecular weight excluding hydrogens is 433 g/mol. The number of halogens is 1. The number of anilines is 1. The van der Waals surface area contributed by atoms with Gasteiger partial charge in [0.05, 0.1) is 22.2 Å². The molecule has 1 saturated carbocycles. The van der Waals surface area contributed by atoms with E-state index in [1.165, 1.54) is 25.1 Å². The Morgan fingerprint density at radius 2 is 1.97 bits per heavy atom. The standard InChI is InChI=1S/C22H28FN5O3S/c1-11-18(22(26)32-19(11)21(25)30)20(24)27-14-9-8-13(23)10-17(14)31-16-7-5-4-6-15(16)28(3)12(2)29/h8-10,15-16,26-27H,4-7,24H2,1-3H3,(H2,25,30)/b20-18+,26-22?/t15-,16-/m1/s1. The number of amides is 2. The molecule has 2 aliphatic rings. The van der Waals surface area contributed by atoms with Gasteiger partial charge in [-0.25, -0.2) is 4.39 Å². The summed E-state index contributed by atoms with van der Waals surface area (Å²) in [6.45, 7) is 3.18. The number of benzene rings is 1. The van der Waals surface area contributed by atoms with Crippen LogP contribution in [0.15, 0.2) is 40.1 Å². The van der Waals surface area contributed by atoms with Gasteiger partial charge < -0.3 is 26.4 Å². The van der Waals surface area contributed by atoms with E-state index in [0.29, 0.717) is 16.8 Å². The minimum absolute atomic E-state index is 0.0539. The maximum absolute atomic E-state index is 14.1. The summed E-state index contributed by atoms with van der Waals surface area (Å²) in [5.74, 6) is -0.754. The van der Waals surface area contributed by atoms with Gasteiger partial charge in [-0.05, 0) is 43.9 Å². The Labute approximate surface area is 190 Å². The number of likely N-dealkylation sites (N-methyl/N-ethyl adjacent to an activating group) is 1. The zero-order valence-corrected chi connectivity index (χ0v) is 19.1. The average Bonchev–Trinajstić information content (AvgIpc) is 3.04. The lowest BCUT2D eigenvalue weighted by atomic mass is 9.91. The van der Waals surface area contributed by atoms with Crippen molar-refractivity contribution < 1.29 is 18.7 Å². The van der Waals surface area contributed by atoms with Crippen molar-refractivity contribution >= 4 is 34.3 Å². The molecular formula is C22H28FN5O3S. The largest absolute Gasteiger partial charge is 0.486 e. The van der Waals surface area contributed by atoms with E-state index >= 15 is 0 Å². The highest BCUT2D eigenvalue weighted by Gasteiger charge is 2.32. The molecule has 1 aromatic carbocycles. The first-order valence-electron chi connectivity index (χ1n) is 10.3. The van der Waals surface area contributed by atoms with E-state index in [-0.39, 0.29) is 39.6 Å². The molecule has 0 bridgehead atoms. The van der Waals surface area contributed by atoms with Crippen LogP contribution in [0.2, 0.25) is 0 Å². The summed E-state index contributed by atoms with van der Waals surface area (Å²) in [5, 5.41) is 11.3. The van der Waals surface area contributed by atoms with Crippen molar-refractivity contribution in [2.75, 3.05) is 12.4 Å². The second-order valence-electron chi connectivity index (χ2n) is 7.94. The summed E-state index contributed by atoms with van der Waals surface area (Å²) in [4.78, 5) is 25.4. The summed E-state index contributed by atoms with van der Waals surface area (Å²) < 4.78 is 20.3. The number of carbonyl (C=O) groups excluding carboxylic acids is 2. The van der Waals surface area contributed by atoms with Crippen LogP contribution in [0.5, 0.6) is 5.75 Å². The van der Waals surface area contributed by atoms with E-state index < -0.39 is 11.7 Å². The zero-order valence-electron chi connectivity index (χ0n) is 18.3. The molecule has 172 valence electrons. The number of nitrogens with two attached hydrogens (primary N) is 2.